The first-order valence-corrected chi connectivity index (χ1v) is 6.75. The number of carbonyl (C=O) groups excluding carboxylic acids is 1. The number of fused-ring (bicyclic) bond motifs is 1. The van der Waals surface area contributed by atoms with E-state index in [1.807, 2.05) is 6.07 Å². The van der Waals surface area contributed by atoms with Crippen molar-refractivity contribution in [3.63, 3.8) is 0 Å². The number of benzene rings is 2. The van der Waals surface area contributed by atoms with Gasteiger partial charge in [0.05, 0.1) is 0 Å². The molecule has 0 aliphatic rings. The Balaban J connectivity index is 1.77. The number of halogens is 1. The predicted molar refractivity (Wildman–Crippen MR) is 81.0 cm³/mol. The van der Waals surface area contributed by atoms with Crippen LogP contribution in [-0.2, 0) is 6.54 Å². The van der Waals surface area contributed by atoms with Crippen molar-refractivity contribution in [2.45, 2.75) is 6.54 Å². The van der Waals surface area contributed by atoms with Gasteiger partial charge < -0.3 is 10.4 Å². The van der Waals surface area contributed by atoms with E-state index in [0.29, 0.717) is 5.52 Å². The van der Waals surface area contributed by atoms with Gasteiger partial charge in [-0.05, 0) is 29.8 Å². The van der Waals surface area contributed by atoms with Gasteiger partial charge in [0.1, 0.15) is 22.8 Å². The molecule has 0 spiro atoms. The molecule has 0 atom stereocenters. The number of aromatic nitrogens is 1. The first-order valence-electron chi connectivity index (χ1n) is 6.75. The van der Waals surface area contributed by atoms with Crippen LogP contribution in [0, 0.1) is 5.82 Å². The van der Waals surface area contributed by atoms with E-state index in [2.05, 4.69) is 10.3 Å². The molecule has 3 rings (SSSR count). The van der Waals surface area contributed by atoms with Crippen molar-refractivity contribution >= 4 is 16.8 Å². The number of aromatic hydroxyl groups is 1. The standard InChI is InChI=1S/C17H13FN2O2/c18-13-7-4-11(5-8-13)10-19-17(22)14-9-6-12-2-1-3-15(21)16(12)20-14/h1-9,21H,10H2,(H,19,22). The number of rotatable bonds is 3. The van der Waals surface area contributed by atoms with Crippen LogP contribution in [0.2, 0.25) is 0 Å². The third-order valence-corrected chi connectivity index (χ3v) is 3.30. The summed E-state index contributed by atoms with van der Waals surface area (Å²) in [5.74, 6) is -0.637. The fraction of sp³-hybridized carbons (Fsp3) is 0.0588. The van der Waals surface area contributed by atoms with E-state index in [9.17, 15) is 14.3 Å². The molecule has 0 aliphatic carbocycles. The third kappa shape index (κ3) is 2.88. The molecule has 0 saturated carbocycles. The maximum atomic E-state index is 12.8. The molecule has 0 fully saturated rings. The van der Waals surface area contributed by atoms with Gasteiger partial charge in [-0.25, -0.2) is 9.37 Å². The van der Waals surface area contributed by atoms with Crippen molar-refractivity contribution in [1.82, 2.24) is 10.3 Å². The topological polar surface area (TPSA) is 62.2 Å². The second-order valence-corrected chi connectivity index (χ2v) is 4.85. The summed E-state index contributed by atoms with van der Waals surface area (Å²) in [5.41, 5.74) is 1.39. The van der Waals surface area contributed by atoms with Gasteiger partial charge in [-0.3, -0.25) is 4.79 Å². The fourth-order valence-corrected chi connectivity index (χ4v) is 2.13. The van der Waals surface area contributed by atoms with Crippen LogP contribution in [0.1, 0.15) is 16.1 Å². The Morgan fingerprint density at radius 2 is 1.86 bits per heavy atom. The molecule has 0 bridgehead atoms. The summed E-state index contributed by atoms with van der Waals surface area (Å²) >= 11 is 0. The molecule has 3 aromatic rings. The summed E-state index contributed by atoms with van der Waals surface area (Å²) in [6.07, 6.45) is 0. The molecule has 0 aliphatic heterocycles. The molecule has 0 unspecified atom stereocenters. The summed E-state index contributed by atoms with van der Waals surface area (Å²) in [5, 5.41) is 13.3. The van der Waals surface area contributed by atoms with E-state index in [0.717, 1.165) is 10.9 Å². The van der Waals surface area contributed by atoms with E-state index in [4.69, 9.17) is 0 Å². The quantitative estimate of drug-likeness (QED) is 0.781. The minimum atomic E-state index is -0.352. The molecule has 0 radical (unpaired) electrons. The number of phenolic OH excluding ortho intramolecular Hbond substituents is 1. The van der Waals surface area contributed by atoms with Gasteiger partial charge in [-0.1, -0.05) is 30.3 Å². The minimum absolute atomic E-state index is 0.0330. The summed E-state index contributed by atoms with van der Waals surface area (Å²) in [7, 11) is 0. The third-order valence-electron chi connectivity index (χ3n) is 3.30. The number of nitrogens with one attached hydrogen (secondary N) is 1. The van der Waals surface area contributed by atoms with Gasteiger partial charge >= 0.3 is 0 Å². The Morgan fingerprint density at radius 3 is 2.64 bits per heavy atom. The highest BCUT2D eigenvalue weighted by atomic mass is 19.1. The fourth-order valence-electron chi connectivity index (χ4n) is 2.13. The van der Waals surface area contributed by atoms with Gasteiger partial charge in [0.15, 0.2) is 0 Å². The SMILES string of the molecule is O=C(NCc1ccc(F)cc1)c1ccc2cccc(O)c2n1. The van der Waals surface area contributed by atoms with E-state index in [1.165, 1.54) is 18.2 Å². The molecule has 110 valence electrons. The summed E-state index contributed by atoms with van der Waals surface area (Å²) in [6, 6.07) is 14.3. The number of para-hydroxylation sites is 1. The van der Waals surface area contributed by atoms with Crippen LogP contribution in [0.5, 0.6) is 5.75 Å². The minimum Gasteiger partial charge on any atom is -0.506 e. The van der Waals surface area contributed by atoms with Gasteiger partial charge in [0.2, 0.25) is 0 Å². The zero-order valence-electron chi connectivity index (χ0n) is 11.6. The van der Waals surface area contributed by atoms with Crippen LogP contribution in [0.3, 0.4) is 0 Å². The van der Waals surface area contributed by atoms with E-state index in [-0.39, 0.29) is 29.7 Å². The largest absolute Gasteiger partial charge is 0.506 e. The van der Waals surface area contributed by atoms with Crippen LogP contribution in [0.25, 0.3) is 10.9 Å². The lowest BCUT2D eigenvalue weighted by Crippen LogP contribution is -2.23. The van der Waals surface area contributed by atoms with Gasteiger partial charge in [0, 0.05) is 11.9 Å². The molecular formula is C17H13FN2O2. The van der Waals surface area contributed by atoms with Crippen LogP contribution < -0.4 is 5.32 Å². The Morgan fingerprint density at radius 1 is 1.09 bits per heavy atom. The molecule has 1 aromatic heterocycles. The summed E-state index contributed by atoms with van der Waals surface area (Å²) in [6.45, 7) is 0.277. The number of nitrogens with zero attached hydrogens (tertiary/aromatic N) is 1. The molecule has 5 heteroatoms. The first kappa shape index (κ1) is 14.0. The van der Waals surface area contributed by atoms with E-state index < -0.39 is 0 Å². The number of phenols is 1. The van der Waals surface area contributed by atoms with E-state index >= 15 is 0 Å². The van der Waals surface area contributed by atoms with Crippen molar-refractivity contribution in [3.8, 4) is 5.75 Å². The van der Waals surface area contributed by atoms with Crippen molar-refractivity contribution in [1.29, 1.82) is 0 Å². The van der Waals surface area contributed by atoms with Gasteiger partial charge in [0.25, 0.3) is 5.91 Å². The highest BCUT2D eigenvalue weighted by Gasteiger charge is 2.09. The molecule has 4 nitrogen and oxygen atoms in total. The lowest BCUT2D eigenvalue weighted by molar-refractivity contribution is 0.0946. The zero-order valence-corrected chi connectivity index (χ0v) is 11.6. The lowest BCUT2D eigenvalue weighted by atomic mass is 10.2. The summed E-state index contributed by atoms with van der Waals surface area (Å²) in [4.78, 5) is 16.3. The van der Waals surface area contributed by atoms with Crippen molar-refractivity contribution in [2.24, 2.45) is 0 Å². The molecular weight excluding hydrogens is 283 g/mol. The second kappa shape index (κ2) is 5.81. The predicted octanol–water partition coefficient (Wildman–Crippen LogP) is 3.01. The monoisotopic (exact) mass is 296 g/mol. The molecule has 1 amide bonds. The van der Waals surface area contributed by atoms with Gasteiger partial charge in [-0.2, -0.15) is 0 Å². The first-order chi connectivity index (χ1) is 10.6. The number of pyridine rings is 1. The van der Waals surface area contributed by atoms with Crippen LogP contribution in [0.15, 0.2) is 54.6 Å². The maximum Gasteiger partial charge on any atom is 0.270 e. The average molecular weight is 296 g/mol. The number of amides is 1. The average Bonchev–Trinajstić information content (AvgIpc) is 2.54. The van der Waals surface area contributed by atoms with Crippen molar-refractivity contribution in [2.75, 3.05) is 0 Å². The molecule has 22 heavy (non-hydrogen) atoms. The number of hydrogen-bond donors (Lipinski definition) is 2. The Bertz CT molecular complexity index is 832. The second-order valence-electron chi connectivity index (χ2n) is 4.85. The van der Waals surface area contributed by atoms with Crippen molar-refractivity contribution < 1.29 is 14.3 Å². The molecule has 1 heterocycles. The highest BCUT2D eigenvalue weighted by molar-refractivity contribution is 5.95. The van der Waals surface area contributed by atoms with Crippen molar-refractivity contribution in [3.05, 3.63) is 71.7 Å². The summed E-state index contributed by atoms with van der Waals surface area (Å²) < 4.78 is 12.8. The van der Waals surface area contributed by atoms with E-state index in [1.54, 1.807) is 30.3 Å². The zero-order chi connectivity index (χ0) is 15.5. The Hall–Kier alpha value is -2.95. The smallest absolute Gasteiger partial charge is 0.270 e. The Labute approximate surface area is 126 Å². The molecule has 2 aromatic carbocycles. The van der Waals surface area contributed by atoms with Gasteiger partial charge in [-0.15, -0.1) is 0 Å². The number of hydrogen-bond acceptors (Lipinski definition) is 3. The Kier molecular flexibility index (Phi) is 3.70. The highest BCUT2D eigenvalue weighted by Crippen LogP contribution is 2.22. The molecule has 2 N–H and O–H groups in total. The number of carbonyl (C=O) groups is 1. The molecule has 0 saturated heterocycles. The van der Waals surface area contributed by atoms with Crippen LogP contribution in [0.4, 0.5) is 4.39 Å². The lowest BCUT2D eigenvalue weighted by Gasteiger charge is -2.06. The van der Waals surface area contributed by atoms with Crippen LogP contribution in [-0.4, -0.2) is 16.0 Å². The maximum absolute atomic E-state index is 12.8. The normalized spacial score (nSPS) is 10.6. The van der Waals surface area contributed by atoms with Crippen LogP contribution >= 0.6 is 0 Å².